The van der Waals surface area contributed by atoms with Gasteiger partial charge in [0.1, 0.15) is 5.76 Å². The smallest absolute Gasteiger partial charge is 0.262 e. The van der Waals surface area contributed by atoms with Crippen molar-refractivity contribution in [3.63, 3.8) is 0 Å². The van der Waals surface area contributed by atoms with Gasteiger partial charge in [0.25, 0.3) is 5.91 Å². The summed E-state index contributed by atoms with van der Waals surface area (Å²) in [5.74, 6) is 1.20. The Hall–Kier alpha value is -0.990. The van der Waals surface area contributed by atoms with E-state index in [-0.39, 0.29) is 12.5 Å². The van der Waals surface area contributed by atoms with Gasteiger partial charge in [-0.2, -0.15) is 0 Å². The molecule has 1 amide bonds. The van der Waals surface area contributed by atoms with Gasteiger partial charge < -0.3 is 10.1 Å². The zero-order valence-electron chi connectivity index (χ0n) is 7.81. The van der Waals surface area contributed by atoms with Crippen LogP contribution < -0.4 is 5.32 Å². The number of amides is 1. The molecule has 0 atom stereocenters. The summed E-state index contributed by atoms with van der Waals surface area (Å²) in [5.41, 5.74) is 0.939. The number of rotatable bonds is 2. The maximum Gasteiger partial charge on any atom is 0.262 e. The Balaban J connectivity index is 2.84. The summed E-state index contributed by atoms with van der Waals surface area (Å²) < 4.78 is 5.28. The Labute approximate surface area is 72.8 Å². The van der Waals surface area contributed by atoms with E-state index < -0.39 is 0 Å². The Morgan fingerprint density at radius 2 is 2.25 bits per heavy atom. The molecule has 0 unspecified atom stereocenters. The fraction of sp³-hybridized carbons (Fsp3) is 0.667. The van der Waals surface area contributed by atoms with Crippen LogP contribution in [0, 0.1) is 5.92 Å². The van der Waals surface area contributed by atoms with Gasteiger partial charge in [-0.3, -0.25) is 4.79 Å². The third-order valence-corrected chi connectivity index (χ3v) is 1.85. The fourth-order valence-corrected chi connectivity index (χ4v) is 1.25. The second-order valence-corrected chi connectivity index (χ2v) is 3.18. The molecule has 1 rings (SSSR count). The number of ether oxygens (including phenoxy) is 1. The van der Waals surface area contributed by atoms with Crippen molar-refractivity contribution in [2.75, 3.05) is 6.61 Å². The molecular weight excluding hydrogens is 154 g/mol. The first-order valence-corrected chi connectivity index (χ1v) is 4.30. The van der Waals surface area contributed by atoms with Gasteiger partial charge in [-0.15, -0.1) is 0 Å². The van der Waals surface area contributed by atoms with Crippen LogP contribution in [0.3, 0.4) is 0 Å². The average molecular weight is 169 g/mol. The van der Waals surface area contributed by atoms with Crippen molar-refractivity contribution < 1.29 is 9.53 Å². The second kappa shape index (κ2) is 3.61. The number of carbonyl (C=O) groups excluding carboxylic acids is 1. The van der Waals surface area contributed by atoms with E-state index in [9.17, 15) is 4.79 Å². The third kappa shape index (κ3) is 1.78. The van der Waals surface area contributed by atoms with Gasteiger partial charge in [0, 0.05) is 6.42 Å². The first-order chi connectivity index (χ1) is 5.65. The standard InChI is InChI=1S/C9H15NO2/c1-4-7-9(6(2)3)10-8(11)5-12-7/h6H,4-5H2,1-3H3,(H,10,11). The Kier molecular flexibility index (Phi) is 2.74. The lowest BCUT2D eigenvalue weighted by molar-refractivity contribution is -0.125. The fourth-order valence-electron chi connectivity index (χ4n) is 1.25. The molecule has 0 bridgehead atoms. The van der Waals surface area contributed by atoms with Crippen molar-refractivity contribution in [1.29, 1.82) is 0 Å². The average Bonchev–Trinajstić information content (AvgIpc) is 2.04. The second-order valence-electron chi connectivity index (χ2n) is 3.18. The van der Waals surface area contributed by atoms with Crippen molar-refractivity contribution in [3.8, 4) is 0 Å². The molecule has 0 spiro atoms. The monoisotopic (exact) mass is 169 g/mol. The predicted molar refractivity (Wildman–Crippen MR) is 46.2 cm³/mol. The van der Waals surface area contributed by atoms with Crippen LogP contribution in [0.25, 0.3) is 0 Å². The highest BCUT2D eigenvalue weighted by molar-refractivity contribution is 5.80. The molecule has 0 aromatic rings. The summed E-state index contributed by atoms with van der Waals surface area (Å²) >= 11 is 0. The van der Waals surface area contributed by atoms with Gasteiger partial charge in [0.2, 0.25) is 0 Å². The molecule has 12 heavy (non-hydrogen) atoms. The Morgan fingerprint density at radius 3 is 2.75 bits per heavy atom. The van der Waals surface area contributed by atoms with E-state index in [1.165, 1.54) is 0 Å². The molecule has 0 fully saturated rings. The van der Waals surface area contributed by atoms with Gasteiger partial charge in [-0.05, 0) is 5.92 Å². The van der Waals surface area contributed by atoms with Crippen LogP contribution in [0.4, 0.5) is 0 Å². The van der Waals surface area contributed by atoms with Crippen LogP contribution in [0.1, 0.15) is 27.2 Å². The molecule has 0 radical (unpaired) electrons. The van der Waals surface area contributed by atoms with Gasteiger partial charge in [0.05, 0.1) is 5.70 Å². The molecule has 3 nitrogen and oxygen atoms in total. The molecule has 0 saturated heterocycles. The SMILES string of the molecule is CCC1=C(C(C)C)NC(=O)CO1. The molecule has 1 aliphatic rings. The van der Waals surface area contributed by atoms with E-state index in [0.717, 1.165) is 17.9 Å². The predicted octanol–water partition coefficient (Wildman–Crippen LogP) is 1.41. The van der Waals surface area contributed by atoms with Crippen molar-refractivity contribution in [2.45, 2.75) is 27.2 Å². The van der Waals surface area contributed by atoms with Crippen LogP contribution in [0.5, 0.6) is 0 Å². The van der Waals surface area contributed by atoms with Crippen molar-refractivity contribution >= 4 is 5.91 Å². The van der Waals surface area contributed by atoms with E-state index in [1.54, 1.807) is 0 Å². The van der Waals surface area contributed by atoms with E-state index in [2.05, 4.69) is 5.32 Å². The highest BCUT2D eigenvalue weighted by atomic mass is 16.5. The number of carbonyl (C=O) groups is 1. The molecular formula is C9H15NO2. The van der Waals surface area contributed by atoms with Crippen molar-refractivity contribution in [1.82, 2.24) is 5.32 Å². The van der Waals surface area contributed by atoms with Crippen LogP contribution in [0.2, 0.25) is 0 Å². The van der Waals surface area contributed by atoms with E-state index >= 15 is 0 Å². The number of nitrogens with one attached hydrogen (secondary N) is 1. The van der Waals surface area contributed by atoms with Gasteiger partial charge in [-0.1, -0.05) is 20.8 Å². The van der Waals surface area contributed by atoms with Crippen LogP contribution in [-0.2, 0) is 9.53 Å². The lowest BCUT2D eigenvalue weighted by Crippen LogP contribution is -2.35. The third-order valence-electron chi connectivity index (χ3n) is 1.85. The molecule has 1 heterocycles. The minimum atomic E-state index is -0.0455. The zero-order valence-corrected chi connectivity index (χ0v) is 7.81. The first kappa shape index (κ1) is 9.10. The maximum atomic E-state index is 11.0. The van der Waals surface area contributed by atoms with E-state index in [1.807, 2.05) is 20.8 Å². The minimum Gasteiger partial charge on any atom is -0.486 e. The Bertz CT molecular complexity index is 219. The van der Waals surface area contributed by atoms with Crippen LogP contribution in [0.15, 0.2) is 11.5 Å². The van der Waals surface area contributed by atoms with Crippen LogP contribution >= 0.6 is 0 Å². The van der Waals surface area contributed by atoms with E-state index in [0.29, 0.717) is 5.92 Å². The molecule has 0 saturated carbocycles. The quantitative estimate of drug-likeness (QED) is 0.678. The molecule has 1 aliphatic heterocycles. The number of hydrogen-bond acceptors (Lipinski definition) is 2. The minimum absolute atomic E-state index is 0.0455. The highest BCUT2D eigenvalue weighted by Crippen LogP contribution is 2.18. The summed E-state index contributed by atoms with van der Waals surface area (Å²) in [6.45, 7) is 6.27. The largest absolute Gasteiger partial charge is 0.486 e. The van der Waals surface area contributed by atoms with Gasteiger partial charge in [0.15, 0.2) is 6.61 Å². The molecule has 68 valence electrons. The highest BCUT2D eigenvalue weighted by Gasteiger charge is 2.19. The van der Waals surface area contributed by atoms with Crippen molar-refractivity contribution in [2.24, 2.45) is 5.92 Å². The molecule has 1 N–H and O–H groups in total. The summed E-state index contributed by atoms with van der Waals surface area (Å²) in [6, 6.07) is 0. The lowest BCUT2D eigenvalue weighted by atomic mass is 10.1. The normalized spacial score (nSPS) is 17.8. The number of allylic oxidation sites excluding steroid dienone is 2. The van der Waals surface area contributed by atoms with Crippen molar-refractivity contribution in [3.05, 3.63) is 11.5 Å². The molecule has 0 aromatic carbocycles. The Morgan fingerprint density at radius 1 is 1.58 bits per heavy atom. The first-order valence-electron chi connectivity index (χ1n) is 4.30. The van der Waals surface area contributed by atoms with Crippen LogP contribution in [-0.4, -0.2) is 12.5 Å². The topological polar surface area (TPSA) is 38.3 Å². The van der Waals surface area contributed by atoms with Gasteiger partial charge in [-0.25, -0.2) is 0 Å². The molecule has 3 heteroatoms. The summed E-state index contributed by atoms with van der Waals surface area (Å²) in [6.07, 6.45) is 0.841. The number of hydrogen-bond donors (Lipinski definition) is 1. The molecule has 0 aliphatic carbocycles. The van der Waals surface area contributed by atoms with Gasteiger partial charge >= 0.3 is 0 Å². The lowest BCUT2D eigenvalue weighted by Gasteiger charge is -2.23. The summed E-state index contributed by atoms with van der Waals surface area (Å²) in [4.78, 5) is 11.0. The zero-order chi connectivity index (χ0) is 9.14. The molecule has 0 aromatic heterocycles. The summed E-state index contributed by atoms with van der Waals surface area (Å²) in [5, 5.41) is 2.83. The summed E-state index contributed by atoms with van der Waals surface area (Å²) in [7, 11) is 0. The van der Waals surface area contributed by atoms with E-state index in [4.69, 9.17) is 4.74 Å². The maximum absolute atomic E-state index is 11.0.